The minimum absolute atomic E-state index is 0.204. The number of Topliss-reactive ketones (excluding diaryl/α,β-unsaturated/α-hetero) is 1. The number of carbonyl (C=O) groups is 1. The Morgan fingerprint density at radius 3 is 2.06 bits per heavy atom. The van der Waals surface area contributed by atoms with Crippen LogP contribution >= 0.6 is 0 Å². The van der Waals surface area contributed by atoms with Crippen molar-refractivity contribution in [3.63, 3.8) is 0 Å². The maximum absolute atomic E-state index is 12.0. The standard InChI is InChI=1S/C15H30O/c1-6-7-8-9-10-14(11-12(2)3)15(16)13(4)5/h12-14H,6-11H2,1-5H3/t14-/m1/s1. The van der Waals surface area contributed by atoms with Gasteiger partial charge in [-0.15, -0.1) is 0 Å². The number of hydrogen-bond acceptors (Lipinski definition) is 1. The monoisotopic (exact) mass is 226 g/mol. The molecule has 0 spiro atoms. The topological polar surface area (TPSA) is 17.1 Å². The van der Waals surface area contributed by atoms with Gasteiger partial charge in [0.15, 0.2) is 0 Å². The first-order valence-electron chi connectivity index (χ1n) is 7.02. The molecule has 0 heterocycles. The first kappa shape index (κ1) is 15.7. The van der Waals surface area contributed by atoms with E-state index in [1.807, 2.05) is 13.8 Å². The molecule has 0 aromatic carbocycles. The van der Waals surface area contributed by atoms with Crippen molar-refractivity contribution in [2.75, 3.05) is 0 Å². The summed E-state index contributed by atoms with van der Waals surface area (Å²) in [6, 6.07) is 0. The van der Waals surface area contributed by atoms with Gasteiger partial charge in [0.05, 0.1) is 0 Å². The van der Waals surface area contributed by atoms with Crippen molar-refractivity contribution >= 4 is 5.78 Å². The molecular weight excluding hydrogens is 196 g/mol. The highest BCUT2D eigenvalue weighted by Gasteiger charge is 2.21. The Morgan fingerprint density at radius 2 is 1.62 bits per heavy atom. The highest BCUT2D eigenvalue weighted by Crippen LogP contribution is 2.22. The number of ketones is 1. The smallest absolute Gasteiger partial charge is 0.138 e. The van der Waals surface area contributed by atoms with E-state index in [0.29, 0.717) is 17.6 Å². The van der Waals surface area contributed by atoms with E-state index < -0.39 is 0 Å². The van der Waals surface area contributed by atoms with Crippen LogP contribution in [0.5, 0.6) is 0 Å². The second-order valence-electron chi connectivity index (χ2n) is 5.73. The summed E-state index contributed by atoms with van der Waals surface area (Å²) in [6.07, 6.45) is 7.27. The highest BCUT2D eigenvalue weighted by atomic mass is 16.1. The van der Waals surface area contributed by atoms with Gasteiger partial charge in [-0.05, 0) is 18.8 Å². The number of rotatable bonds is 9. The van der Waals surface area contributed by atoms with Crippen LogP contribution in [0.2, 0.25) is 0 Å². The van der Waals surface area contributed by atoms with Crippen molar-refractivity contribution in [3.05, 3.63) is 0 Å². The van der Waals surface area contributed by atoms with E-state index in [9.17, 15) is 4.79 Å². The largest absolute Gasteiger partial charge is 0.299 e. The lowest BCUT2D eigenvalue weighted by atomic mass is 9.84. The molecule has 0 amide bonds. The average molecular weight is 226 g/mol. The van der Waals surface area contributed by atoms with Crippen LogP contribution in [0.15, 0.2) is 0 Å². The highest BCUT2D eigenvalue weighted by molar-refractivity contribution is 5.82. The minimum atomic E-state index is 0.204. The molecule has 16 heavy (non-hydrogen) atoms. The number of hydrogen-bond donors (Lipinski definition) is 0. The Bertz CT molecular complexity index is 182. The zero-order valence-corrected chi connectivity index (χ0v) is 11.9. The van der Waals surface area contributed by atoms with Crippen LogP contribution in [0.4, 0.5) is 0 Å². The van der Waals surface area contributed by atoms with Gasteiger partial charge in [-0.3, -0.25) is 4.79 Å². The van der Waals surface area contributed by atoms with Gasteiger partial charge in [-0.1, -0.05) is 60.3 Å². The molecule has 0 fully saturated rings. The van der Waals surface area contributed by atoms with E-state index in [1.165, 1.54) is 25.7 Å². The Kier molecular flexibility index (Phi) is 8.60. The lowest BCUT2D eigenvalue weighted by Gasteiger charge is -2.19. The Morgan fingerprint density at radius 1 is 1.00 bits per heavy atom. The minimum Gasteiger partial charge on any atom is -0.299 e. The van der Waals surface area contributed by atoms with Crippen molar-refractivity contribution in [3.8, 4) is 0 Å². The van der Waals surface area contributed by atoms with Crippen LogP contribution in [0.1, 0.15) is 73.1 Å². The Labute approximate surface area is 102 Å². The molecular formula is C15H30O. The fourth-order valence-corrected chi connectivity index (χ4v) is 2.23. The molecule has 0 saturated heterocycles. The van der Waals surface area contributed by atoms with Crippen LogP contribution < -0.4 is 0 Å². The molecule has 0 rings (SSSR count). The summed E-state index contributed by atoms with van der Waals surface area (Å²) in [6.45, 7) is 10.7. The van der Waals surface area contributed by atoms with Gasteiger partial charge in [0.25, 0.3) is 0 Å². The van der Waals surface area contributed by atoms with Crippen LogP contribution in [-0.4, -0.2) is 5.78 Å². The van der Waals surface area contributed by atoms with Gasteiger partial charge < -0.3 is 0 Å². The molecule has 0 aliphatic heterocycles. The van der Waals surface area contributed by atoms with Crippen molar-refractivity contribution in [2.24, 2.45) is 17.8 Å². The van der Waals surface area contributed by atoms with Crippen LogP contribution in [0, 0.1) is 17.8 Å². The Balaban J connectivity index is 4.05. The third kappa shape index (κ3) is 7.03. The van der Waals surface area contributed by atoms with E-state index in [2.05, 4.69) is 20.8 Å². The van der Waals surface area contributed by atoms with Gasteiger partial charge in [-0.25, -0.2) is 0 Å². The fourth-order valence-electron chi connectivity index (χ4n) is 2.23. The Hall–Kier alpha value is -0.330. The molecule has 1 atom stereocenters. The SMILES string of the molecule is CCCCCC[C@H](CC(C)C)C(=O)C(C)C. The van der Waals surface area contributed by atoms with Crippen LogP contribution in [0.25, 0.3) is 0 Å². The van der Waals surface area contributed by atoms with E-state index in [4.69, 9.17) is 0 Å². The third-order valence-electron chi connectivity index (χ3n) is 3.13. The lowest BCUT2D eigenvalue weighted by Crippen LogP contribution is -2.21. The molecule has 0 saturated carbocycles. The predicted octanol–water partition coefficient (Wildman–Crippen LogP) is 4.84. The quantitative estimate of drug-likeness (QED) is 0.514. The predicted molar refractivity (Wildman–Crippen MR) is 71.5 cm³/mol. The first-order valence-corrected chi connectivity index (χ1v) is 7.02. The van der Waals surface area contributed by atoms with E-state index in [1.54, 1.807) is 0 Å². The van der Waals surface area contributed by atoms with Gasteiger partial charge in [0, 0.05) is 11.8 Å². The van der Waals surface area contributed by atoms with Gasteiger partial charge in [0.2, 0.25) is 0 Å². The summed E-state index contributed by atoms with van der Waals surface area (Å²) in [5.41, 5.74) is 0. The summed E-state index contributed by atoms with van der Waals surface area (Å²) in [7, 11) is 0. The summed E-state index contributed by atoms with van der Waals surface area (Å²) in [4.78, 5) is 12.0. The van der Waals surface area contributed by atoms with Crippen molar-refractivity contribution in [1.29, 1.82) is 0 Å². The number of carbonyl (C=O) groups excluding carboxylic acids is 1. The molecule has 0 aliphatic carbocycles. The van der Waals surface area contributed by atoms with E-state index >= 15 is 0 Å². The second-order valence-corrected chi connectivity index (χ2v) is 5.73. The molecule has 0 radical (unpaired) electrons. The average Bonchev–Trinajstić information content (AvgIpc) is 2.20. The molecule has 0 aromatic rings. The van der Waals surface area contributed by atoms with Crippen LogP contribution in [-0.2, 0) is 4.79 Å². The maximum Gasteiger partial charge on any atom is 0.138 e. The van der Waals surface area contributed by atoms with Gasteiger partial charge in [-0.2, -0.15) is 0 Å². The molecule has 0 aromatic heterocycles. The number of unbranched alkanes of at least 4 members (excludes halogenated alkanes) is 3. The lowest BCUT2D eigenvalue weighted by molar-refractivity contribution is -0.126. The maximum atomic E-state index is 12.0. The summed E-state index contributed by atoms with van der Waals surface area (Å²) in [5.74, 6) is 1.64. The molecule has 1 nitrogen and oxygen atoms in total. The van der Waals surface area contributed by atoms with Gasteiger partial charge >= 0.3 is 0 Å². The van der Waals surface area contributed by atoms with E-state index in [0.717, 1.165) is 12.8 Å². The molecule has 96 valence electrons. The second kappa shape index (κ2) is 8.78. The first-order chi connectivity index (χ1) is 7.49. The van der Waals surface area contributed by atoms with Gasteiger partial charge in [0.1, 0.15) is 5.78 Å². The van der Waals surface area contributed by atoms with Crippen molar-refractivity contribution < 1.29 is 4.79 Å². The normalized spacial score (nSPS) is 13.4. The summed E-state index contributed by atoms with van der Waals surface area (Å²) >= 11 is 0. The molecule has 1 heteroatoms. The molecule has 0 N–H and O–H groups in total. The fraction of sp³-hybridized carbons (Fsp3) is 0.933. The zero-order chi connectivity index (χ0) is 12.6. The van der Waals surface area contributed by atoms with E-state index in [-0.39, 0.29) is 5.92 Å². The molecule has 0 bridgehead atoms. The summed E-state index contributed by atoms with van der Waals surface area (Å²) < 4.78 is 0. The molecule has 0 aliphatic rings. The third-order valence-corrected chi connectivity index (χ3v) is 3.13. The molecule has 0 unspecified atom stereocenters. The van der Waals surface area contributed by atoms with Crippen molar-refractivity contribution in [2.45, 2.75) is 73.1 Å². The van der Waals surface area contributed by atoms with Crippen LogP contribution in [0.3, 0.4) is 0 Å². The summed E-state index contributed by atoms with van der Waals surface area (Å²) in [5, 5.41) is 0. The zero-order valence-electron chi connectivity index (χ0n) is 11.9. The van der Waals surface area contributed by atoms with Crippen molar-refractivity contribution in [1.82, 2.24) is 0 Å².